The molecule has 4 heteroatoms. The first-order chi connectivity index (χ1) is 8.72. The summed E-state index contributed by atoms with van der Waals surface area (Å²) in [6.45, 7) is 0.397. The summed E-state index contributed by atoms with van der Waals surface area (Å²) in [6, 6.07) is 3.52. The number of fused-ring (bicyclic) bond motifs is 1. The van der Waals surface area contributed by atoms with Gasteiger partial charge in [0.1, 0.15) is 12.4 Å². The van der Waals surface area contributed by atoms with E-state index in [9.17, 15) is 4.79 Å². The Hall–Kier alpha value is -1.99. The first-order valence-electron chi connectivity index (χ1n) is 5.91. The topological polar surface area (TPSA) is 72.6 Å². The Bertz CT molecular complexity index is 526. The van der Waals surface area contributed by atoms with Gasteiger partial charge in [-0.2, -0.15) is 0 Å². The summed E-state index contributed by atoms with van der Waals surface area (Å²) < 4.78 is 5.60. The second-order valence-electron chi connectivity index (χ2n) is 4.14. The zero-order chi connectivity index (χ0) is 13.0. The summed E-state index contributed by atoms with van der Waals surface area (Å²) in [6.07, 6.45) is 2.83. The van der Waals surface area contributed by atoms with E-state index in [1.165, 1.54) is 0 Å². The van der Waals surface area contributed by atoms with Crippen LogP contribution < -0.4 is 10.5 Å². The Morgan fingerprint density at radius 2 is 2.28 bits per heavy atom. The Morgan fingerprint density at radius 1 is 1.44 bits per heavy atom. The Labute approximate surface area is 106 Å². The van der Waals surface area contributed by atoms with Crippen molar-refractivity contribution in [3.8, 4) is 17.6 Å². The van der Waals surface area contributed by atoms with Crippen molar-refractivity contribution in [2.75, 3.05) is 13.2 Å². The summed E-state index contributed by atoms with van der Waals surface area (Å²) in [5.41, 5.74) is 7.39. The van der Waals surface area contributed by atoms with E-state index < -0.39 is 5.91 Å². The lowest BCUT2D eigenvalue weighted by Gasteiger charge is -2.11. The maximum absolute atomic E-state index is 11.5. The fraction of sp³-hybridized carbons (Fsp3) is 0.357. The van der Waals surface area contributed by atoms with E-state index in [4.69, 9.17) is 15.6 Å². The average Bonchev–Trinajstić information content (AvgIpc) is 2.60. The number of amides is 1. The van der Waals surface area contributed by atoms with E-state index in [1.807, 2.05) is 6.07 Å². The van der Waals surface area contributed by atoms with Crippen LogP contribution in [0, 0.1) is 11.8 Å². The molecule has 1 heterocycles. The first-order valence-corrected chi connectivity index (χ1v) is 5.91. The van der Waals surface area contributed by atoms with Crippen molar-refractivity contribution >= 4 is 5.91 Å². The molecule has 3 N–H and O–H groups in total. The fourth-order valence-corrected chi connectivity index (χ4v) is 2.03. The average molecular weight is 245 g/mol. The predicted octanol–water partition coefficient (Wildman–Crippen LogP) is 0.844. The smallest absolute Gasteiger partial charge is 0.252 e. The zero-order valence-corrected chi connectivity index (χ0v) is 10.0. The minimum absolute atomic E-state index is 0.209. The van der Waals surface area contributed by atoms with E-state index in [1.54, 1.807) is 6.07 Å². The molecule has 4 nitrogen and oxygen atoms in total. The molecule has 1 aliphatic heterocycles. The van der Waals surface area contributed by atoms with E-state index >= 15 is 0 Å². The third-order valence-electron chi connectivity index (χ3n) is 2.83. The third kappa shape index (κ3) is 2.63. The van der Waals surface area contributed by atoms with Crippen LogP contribution in [-0.4, -0.2) is 24.2 Å². The molecule has 0 atom stereocenters. The van der Waals surface area contributed by atoms with Gasteiger partial charge in [-0.05, 0) is 37.0 Å². The van der Waals surface area contributed by atoms with Crippen LogP contribution in [0.15, 0.2) is 12.1 Å². The summed E-state index contributed by atoms with van der Waals surface area (Å²) in [5, 5.41) is 8.70. The van der Waals surface area contributed by atoms with Gasteiger partial charge >= 0.3 is 0 Å². The quantitative estimate of drug-likeness (QED) is 0.720. The number of nitrogens with two attached hydrogens (primary N) is 1. The zero-order valence-electron chi connectivity index (χ0n) is 10.0. The highest BCUT2D eigenvalue weighted by Gasteiger charge is 2.17. The van der Waals surface area contributed by atoms with Crippen molar-refractivity contribution in [2.45, 2.75) is 19.3 Å². The molecule has 0 unspecified atom stereocenters. The molecule has 2 rings (SSSR count). The van der Waals surface area contributed by atoms with Crippen molar-refractivity contribution in [1.29, 1.82) is 0 Å². The van der Waals surface area contributed by atoms with Gasteiger partial charge in [-0.3, -0.25) is 4.79 Å². The number of primary amides is 1. The summed E-state index contributed by atoms with van der Waals surface area (Å²) in [5.74, 6) is 5.44. The second kappa shape index (κ2) is 5.56. The van der Waals surface area contributed by atoms with Crippen LogP contribution >= 0.6 is 0 Å². The number of carbonyl (C=O) groups excluding carboxylic acids is 1. The van der Waals surface area contributed by atoms with Crippen LogP contribution in [0.3, 0.4) is 0 Å². The van der Waals surface area contributed by atoms with Crippen LogP contribution in [0.25, 0.3) is 0 Å². The molecular weight excluding hydrogens is 230 g/mol. The first kappa shape index (κ1) is 12.5. The number of ether oxygens (including phenoxy) is 1. The van der Waals surface area contributed by atoms with Crippen molar-refractivity contribution < 1.29 is 14.6 Å². The van der Waals surface area contributed by atoms with Crippen molar-refractivity contribution in [3.05, 3.63) is 28.8 Å². The lowest BCUT2D eigenvalue weighted by Crippen LogP contribution is -2.14. The summed E-state index contributed by atoms with van der Waals surface area (Å²) in [7, 11) is 0. The third-order valence-corrected chi connectivity index (χ3v) is 2.83. The predicted molar refractivity (Wildman–Crippen MR) is 67.4 cm³/mol. The molecule has 18 heavy (non-hydrogen) atoms. The summed E-state index contributed by atoms with van der Waals surface area (Å²) >= 11 is 0. The van der Waals surface area contributed by atoms with E-state index in [0.717, 1.165) is 24.8 Å². The number of aryl methyl sites for hydroxylation is 1. The highest BCUT2D eigenvalue weighted by molar-refractivity contribution is 5.96. The molecule has 0 fully saturated rings. The number of hydrogen-bond donors (Lipinski definition) is 2. The molecule has 0 radical (unpaired) electrons. The van der Waals surface area contributed by atoms with Gasteiger partial charge < -0.3 is 15.6 Å². The Kier molecular flexibility index (Phi) is 3.85. The lowest BCUT2D eigenvalue weighted by molar-refractivity contribution is 0.0996. The monoisotopic (exact) mass is 245 g/mol. The standard InChI is InChI=1S/C14H15NO3/c15-14(17)12-9-10(4-3-6-16)8-11-5-1-2-7-18-13(11)12/h8-9,16H,1-2,5-7H2,(H2,15,17). The van der Waals surface area contributed by atoms with Crippen LogP contribution in [0.5, 0.6) is 5.75 Å². The van der Waals surface area contributed by atoms with Crippen LogP contribution in [0.4, 0.5) is 0 Å². The Morgan fingerprint density at radius 3 is 3.00 bits per heavy atom. The minimum Gasteiger partial charge on any atom is -0.492 e. The van der Waals surface area contributed by atoms with Crippen molar-refractivity contribution in [1.82, 2.24) is 0 Å². The van der Waals surface area contributed by atoms with Gasteiger partial charge in [0, 0.05) is 5.56 Å². The minimum atomic E-state index is -0.513. The molecule has 0 saturated carbocycles. The van der Waals surface area contributed by atoms with Gasteiger partial charge in [0.2, 0.25) is 0 Å². The molecule has 1 aromatic rings. The molecule has 0 aliphatic carbocycles. The number of rotatable bonds is 1. The number of aliphatic hydroxyl groups excluding tert-OH is 1. The highest BCUT2D eigenvalue weighted by atomic mass is 16.5. The molecule has 1 aliphatic rings. The maximum atomic E-state index is 11.5. The van der Waals surface area contributed by atoms with E-state index in [2.05, 4.69) is 11.8 Å². The van der Waals surface area contributed by atoms with Gasteiger partial charge in [0.25, 0.3) is 5.91 Å². The molecule has 94 valence electrons. The highest BCUT2D eigenvalue weighted by Crippen LogP contribution is 2.29. The number of hydrogen-bond acceptors (Lipinski definition) is 3. The van der Waals surface area contributed by atoms with Crippen LogP contribution in [0.2, 0.25) is 0 Å². The SMILES string of the molecule is NC(=O)c1cc(C#CCO)cc2c1OCCCC2. The fourth-order valence-electron chi connectivity index (χ4n) is 2.03. The van der Waals surface area contributed by atoms with Gasteiger partial charge in [-0.25, -0.2) is 0 Å². The van der Waals surface area contributed by atoms with Gasteiger partial charge in [-0.15, -0.1) is 0 Å². The van der Waals surface area contributed by atoms with Gasteiger partial charge in [-0.1, -0.05) is 11.8 Å². The molecule has 1 amide bonds. The van der Waals surface area contributed by atoms with Gasteiger partial charge in [0.05, 0.1) is 12.2 Å². The normalized spacial score (nSPS) is 13.6. The molecule has 0 bridgehead atoms. The van der Waals surface area contributed by atoms with E-state index in [-0.39, 0.29) is 6.61 Å². The number of aliphatic hydroxyl groups is 1. The molecule has 1 aromatic carbocycles. The van der Waals surface area contributed by atoms with Crippen molar-refractivity contribution in [3.63, 3.8) is 0 Å². The number of carbonyl (C=O) groups is 1. The summed E-state index contributed by atoms with van der Waals surface area (Å²) in [4.78, 5) is 11.5. The van der Waals surface area contributed by atoms with Crippen molar-refractivity contribution in [2.24, 2.45) is 5.73 Å². The molecule has 0 aromatic heterocycles. The van der Waals surface area contributed by atoms with Crippen LogP contribution in [0.1, 0.15) is 34.3 Å². The molecular formula is C14H15NO3. The second-order valence-corrected chi connectivity index (χ2v) is 4.14. The van der Waals surface area contributed by atoms with Crippen LogP contribution in [-0.2, 0) is 6.42 Å². The molecule has 0 saturated heterocycles. The maximum Gasteiger partial charge on any atom is 0.252 e. The lowest BCUT2D eigenvalue weighted by atomic mass is 10.0. The van der Waals surface area contributed by atoms with E-state index in [0.29, 0.717) is 23.5 Å². The molecule has 0 spiro atoms. The Balaban J connectivity index is 2.52. The number of benzene rings is 1. The largest absolute Gasteiger partial charge is 0.492 e. The van der Waals surface area contributed by atoms with Gasteiger partial charge in [0.15, 0.2) is 0 Å².